The van der Waals surface area contributed by atoms with E-state index < -0.39 is 0 Å². The summed E-state index contributed by atoms with van der Waals surface area (Å²) in [5.74, 6) is -0.169. The maximum atomic E-state index is 13.0. The Bertz CT molecular complexity index is 872. The van der Waals surface area contributed by atoms with E-state index in [2.05, 4.69) is 6.07 Å². The first-order valence-corrected chi connectivity index (χ1v) is 9.03. The normalized spacial score (nSPS) is 23.4. The van der Waals surface area contributed by atoms with E-state index in [-0.39, 0.29) is 30.2 Å². The number of hydrogen-bond donors (Lipinski definition) is 0. The summed E-state index contributed by atoms with van der Waals surface area (Å²) in [4.78, 5) is 29.0. The van der Waals surface area contributed by atoms with Crippen LogP contribution in [0, 0.1) is 19.8 Å². The molecule has 0 aliphatic carbocycles. The van der Waals surface area contributed by atoms with Crippen molar-refractivity contribution in [2.24, 2.45) is 5.92 Å². The molecule has 138 valence electrons. The quantitative estimate of drug-likeness (QED) is 0.825. The Morgan fingerprint density at radius 1 is 1.23 bits per heavy atom. The molecular weight excluding hydrogens is 332 g/mol. The smallest absolute Gasteiger partial charge is 0.229 e. The van der Waals surface area contributed by atoms with Gasteiger partial charge in [-0.3, -0.25) is 9.59 Å². The second-order valence-corrected chi connectivity index (χ2v) is 7.53. The van der Waals surface area contributed by atoms with Crippen LogP contribution < -0.4 is 0 Å². The minimum absolute atomic E-state index is 0.0349. The second kappa shape index (κ2) is 6.43. The zero-order valence-electron chi connectivity index (χ0n) is 15.4. The average molecular weight is 356 g/mol. The molecule has 3 heterocycles. The third-order valence-electron chi connectivity index (χ3n) is 5.53. The molecule has 0 unspecified atom stereocenters. The molecule has 2 aliphatic rings. The van der Waals surface area contributed by atoms with Crippen LogP contribution in [0.4, 0.5) is 0 Å². The van der Waals surface area contributed by atoms with Crippen LogP contribution in [0.25, 0.3) is 11.0 Å². The highest BCUT2D eigenvalue weighted by atomic mass is 16.5. The number of hydrogen-bond acceptors (Lipinski definition) is 4. The molecular formula is C20H24N2O4. The number of amides is 2. The van der Waals surface area contributed by atoms with Gasteiger partial charge in [0.15, 0.2) is 0 Å². The summed E-state index contributed by atoms with van der Waals surface area (Å²) in [5, 5.41) is 1.02. The van der Waals surface area contributed by atoms with Crippen LogP contribution in [0.1, 0.15) is 16.7 Å². The monoisotopic (exact) mass is 356 g/mol. The van der Waals surface area contributed by atoms with Crippen molar-refractivity contribution in [3.63, 3.8) is 0 Å². The van der Waals surface area contributed by atoms with Crippen molar-refractivity contribution >= 4 is 22.8 Å². The second-order valence-electron chi connectivity index (χ2n) is 7.53. The van der Waals surface area contributed by atoms with E-state index in [1.165, 1.54) is 0 Å². The summed E-state index contributed by atoms with van der Waals surface area (Å²) < 4.78 is 11.3. The lowest BCUT2D eigenvalue weighted by Gasteiger charge is -2.29. The van der Waals surface area contributed by atoms with Crippen LogP contribution in [0.5, 0.6) is 0 Å². The number of likely N-dealkylation sites (N-methyl/N-ethyl adjacent to an activating group) is 1. The van der Waals surface area contributed by atoms with Crippen molar-refractivity contribution in [1.29, 1.82) is 0 Å². The number of ether oxygens (including phenoxy) is 1. The Morgan fingerprint density at radius 2 is 2.04 bits per heavy atom. The fourth-order valence-electron chi connectivity index (χ4n) is 4.13. The molecule has 2 fully saturated rings. The van der Waals surface area contributed by atoms with Gasteiger partial charge in [-0.2, -0.15) is 0 Å². The predicted octanol–water partition coefficient (Wildman–Crippen LogP) is 1.91. The summed E-state index contributed by atoms with van der Waals surface area (Å²) in [6, 6.07) is 4.02. The van der Waals surface area contributed by atoms with E-state index in [4.69, 9.17) is 9.15 Å². The van der Waals surface area contributed by atoms with Gasteiger partial charge < -0.3 is 19.0 Å². The Kier molecular flexibility index (Phi) is 4.23. The molecule has 2 aliphatic heterocycles. The molecule has 1 aromatic carbocycles. The van der Waals surface area contributed by atoms with Crippen LogP contribution >= 0.6 is 0 Å². The summed E-state index contributed by atoms with van der Waals surface area (Å²) >= 11 is 0. The summed E-state index contributed by atoms with van der Waals surface area (Å²) in [5.41, 5.74) is 3.99. The van der Waals surface area contributed by atoms with Crippen molar-refractivity contribution in [2.75, 3.05) is 33.4 Å². The topological polar surface area (TPSA) is 63.0 Å². The lowest BCUT2D eigenvalue weighted by atomic mass is 10.0. The number of carbonyl (C=O) groups is 2. The van der Waals surface area contributed by atoms with Gasteiger partial charge in [-0.1, -0.05) is 6.07 Å². The van der Waals surface area contributed by atoms with Gasteiger partial charge in [-0.05, 0) is 31.0 Å². The van der Waals surface area contributed by atoms with Crippen LogP contribution in [-0.4, -0.2) is 61.0 Å². The highest BCUT2D eigenvalue weighted by Crippen LogP contribution is 2.27. The fourth-order valence-corrected chi connectivity index (χ4v) is 4.13. The number of benzene rings is 1. The number of rotatable bonds is 2. The number of furan rings is 1. The van der Waals surface area contributed by atoms with E-state index in [1.54, 1.807) is 18.2 Å². The van der Waals surface area contributed by atoms with E-state index in [9.17, 15) is 9.59 Å². The molecule has 2 aromatic rings. The van der Waals surface area contributed by atoms with E-state index in [0.717, 1.165) is 27.7 Å². The van der Waals surface area contributed by atoms with Gasteiger partial charge in [0.25, 0.3) is 0 Å². The number of aryl methyl sites for hydroxylation is 2. The van der Waals surface area contributed by atoms with Gasteiger partial charge in [-0.15, -0.1) is 0 Å². The minimum Gasteiger partial charge on any atom is -0.464 e. The lowest BCUT2D eigenvalue weighted by Crippen LogP contribution is -2.45. The average Bonchev–Trinajstić information content (AvgIpc) is 2.85. The third-order valence-corrected chi connectivity index (χ3v) is 5.53. The molecule has 2 bridgehead atoms. The molecule has 6 nitrogen and oxygen atoms in total. The number of nitrogens with zero attached hydrogens (tertiary/aromatic N) is 2. The fraction of sp³-hybridized carbons (Fsp3) is 0.500. The Labute approximate surface area is 152 Å². The third kappa shape index (κ3) is 2.88. The summed E-state index contributed by atoms with van der Waals surface area (Å²) in [6.07, 6.45) is 1.98. The van der Waals surface area contributed by atoms with Crippen molar-refractivity contribution in [3.05, 3.63) is 35.1 Å². The number of carbonyl (C=O) groups excluding carboxylic acids is 2. The maximum Gasteiger partial charge on any atom is 0.229 e. The van der Waals surface area contributed by atoms with Crippen molar-refractivity contribution < 1.29 is 18.7 Å². The first kappa shape index (κ1) is 17.1. The Morgan fingerprint density at radius 3 is 2.85 bits per heavy atom. The Balaban J connectivity index is 1.58. The molecule has 2 atom stereocenters. The van der Waals surface area contributed by atoms with E-state index in [1.807, 2.05) is 24.8 Å². The highest BCUT2D eigenvalue weighted by molar-refractivity contribution is 5.90. The van der Waals surface area contributed by atoms with Gasteiger partial charge in [0, 0.05) is 31.1 Å². The first-order chi connectivity index (χ1) is 12.4. The highest BCUT2D eigenvalue weighted by Gasteiger charge is 2.38. The van der Waals surface area contributed by atoms with Crippen LogP contribution in [0.3, 0.4) is 0 Å². The van der Waals surface area contributed by atoms with Gasteiger partial charge >= 0.3 is 0 Å². The molecule has 0 radical (unpaired) electrons. The molecule has 6 heteroatoms. The molecule has 4 rings (SSSR count). The molecule has 26 heavy (non-hydrogen) atoms. The Hall–Kier alpha value is -2.34. The van der Waals surface area contributed by atoms with Gasteiger partial charge in [0.05, 0.1) is 37.9 Å². The SMILES string of the molecule is Cc1cc(C)c2c(CC(=O)N3C[C@@H]4COC[C@H](C3)N(C)C4=O)coc2c1. The molecule has 0 N–H and O–H groups in total. The van der Waals surface area contributed by atoms with Crippen molar-refractivity contribution in [2.45, 2.75) is 26.3 Å². The van der Waals surface area contributed by atoms with Gasteiger partial charge in [0.2, 0.25) is 11.8 Å². The minimum atomic E-state index is -0.276. The maximum absolute atomic E-state index is 13.0. The largest absolute Gasteiger partial charge is 0.464 e. The molecule has 1 aromatic heterocycles. The van der Waals surface area contributed by atoms with Crippen molar-refractivity contribution in [1.82, 2.24) is 9.80 Å². The zero-order chi connectivity index (χ0) is 18.4. The van der Waals surface area contributed by atoms with E-state index in [0.29, 0.717) is 26.3 Å². The number of fused-ring (bicyclic) bond motifs is 4. The summed E-state index contributed by atoms with van der Waals surface area (Å²) in [7, 11) is 1.80. The first-order valence-electron chi connectivity index (χ1n) is 9.03. The molecule has 2 amide bonds. The van der Waals surface area contributed by atoms with E-state index >= 15 is 0 Å². The van der Waals surface area contributed by atoms with Crippen LogP contribution in [-0.2, 0) is 20.7 Å². The summed E-state index contributed by atoms with van der Waals surface area (Å²) in [6.45, 7) is 5.88. The van der Waals surface area contributed by atoms with Gasteiger partial charge in [0.1, 0.15) is 5.58 Å². The predicted molar refractivity (Wildman–Crippen MR) is 96.8 cm³/mol. The van der Waals surface area contributed by atoms with Gasteiger partial charge in [-0.25, -0.2) is 0 Å². The molecule has 0 saturated carbocycles. The van der Waals surface area contributed by atoms with Crippen LogP contribution in [0.2, 0.25) is 0 Å². The van der Waals surface area contributed by atoms with Crippen molar-refractivity contribution in [3.8, 4) is 0 Å². The molecule has 0 spiro atoms. The molecule has 2 saturated heterocycles. The zero-order valence-corrected chi connectivity index (χ0v) is 15.4. The van der Waals surface area contributed by atoms with Crippen LogP contribution in [0.15, 0.2) is 22.8 Å². The standard InChI is InChI=1S/C20H24N2O4/c1-12-4-13(2)19-14(10-26-17(19)5-12)6-18(23)22-7-15-9-25-11-16(8-22)21(3)20(15)24/h4-5,10,15-16H,6-9,11H2,1-3H3/t15-,16+/m1/s1. The lowest BCUT2D eigenvalue weighted by molar-refractivity contribution is -0.134.